The number of hydrogen-bond donors (Lipinski definition) is 0. The highest BCUT2D eigenvalue weighted by Crippen LogP contribution is 2.37. The molecule has 8 heteroatoms. The minimum atomic E-state index is -3.81. The molecule has 0 unspecified atom stereocenters. The molecule has 0 atom stereocenters. The van der Waals surface area contributed by atoms with E-state index < -0.39 is 51.7 Å². The van der Waals surface area contributed by atoms with E-state index in [-0.39, 0.29) is 11.1 Å². The molecule has 28 heavy (non-hydrogen) atoms. The van der Waals surface area contributed by atoms with Crippen LogP contribution in [0.3, 0.4) is 0 Å². The molecule has 0 N–H and O–H groups in total. The summed E-state index contributed by atoms with van der Waals surface area (Å²) in [6.07, 6.45) is 0. The highest BCUT2D eigenvalue weighted by atomic mass is 127. The molecule has 0 radical (unpaired) electrons. The number of hydrogen-bond acceptors (Lipinski definition) is 0. The van der Waals surface area contributed by atoms with E-state index in [1.54, 1.807) is 0 Å². The second kappa shape index (κ2) is 7.38. The standard InChI is InChI=1S/C20H10F7I/c1-20(26,27)19-16(24)6-10(7-17(19)25)18-14(22)4-9(5-15(18)23)12-3-2-11(28)8-13(12)21/h2-8H,1H3. The van der Waals surface area contributed by atoms with E-state index in [1.165, 1.54) is 18.2 Å². The van der Waals surface area contributed by atoms with E-state index in [9.17, 15) is 30.7 Å². The predicted molar refractivity (Wildman–Crippen MR) is 99.4 cm³/mol. The van der Waals surface area contributed by atoms with Crippen LogP contribution in [-0.4, -0.2) is 0 Å². The minimum absolute atomic E-state index is 0.0666. The van der Waals surface area contributed by atoms with Crippen LogP contribution in [0.4, 0.5) is 30.7 Å². The fourth-order valence-corrected chi connectivity index (χ4v) is 3.32. The SMILES string of the molecule is CC(F)(F)c1c(F)cc(-c2c(F)cc(-c3ccc(I)cc3F)cc2F)cc1F. The molecule has 0 fully saturated rings. The average Bonchev–Trinajstić information content (AvgIpc) is 2.51. The van der Waals surface area contributed by atoms with Gasteiger partial charge in [-0.25, -0.2) is 30.7 Å². The van der Waals surface area contributed by atoms with Crippen molar-refractivity contribution < 1.29 is 30.7 Å². The van der Waals surface area contributed by atoms with Crippen molar-refractivity contribution in [2.24, 2.45) is 0 Å². The van der Waals surface area contributed by atoms with Gasteiger partial charge in [0.1, 0.15) is 29.1 Å². The van der Waals surface area contributed by atoms with Gasteiger partial charge in [-0.3, -0.25) is 0 Å². The van der Waals surface area contributed by atoms with Crippen LogP contribution < -0.4 is 0 Å². The van der Waals surface area contributed by atoms with Gasteiger partial charge in [0.2, 0.25) is 0 Å². The molecule has 0 spiro atoms. The molecule has 3 aromatic rings. The number of rotatable bonds is 3. The van der Waals surface area contributed by atoms with Crippen molar-refractivity contribution in [1.29, 1.82) is 0 Å². The summed E-state index contributed by atoms with van der Waals surface area (Å²) >= 11 is 1.87. The topological polar surface area (TPSA) is 0 Å². The second-order valence-electron chi connectivity index (χ2n) is 6.14. The molecule has 0 saturated carbocycles. The lowest BCUT2D eigenvalue weighted by molar-refractivity contribution is 0.00988. The van der Waals surface area contributed by atoms with E-state index in [4.69, 9.17) is 0 Å². The van der Waals surface area contributed by atoms with Gasteiger partial charge in [0, 0.05) is 16.1 Å². The molecule has 0 aliphatic carbocycles. The summed E-state index contributed by atoms with van der Waals surface area (Å²) in [4.78, 5) is 0. The molecule has 0 aromatic heterocycles. The Kier molecular flexibility index (Phi) is 5.44. The molecular weight excluding hydrogens is 500 g/mol. The van der Waals surface area contributed by atoms with Gasteiger partial charge in [-0.15, -0.1) is 0 Å². The van der Waals surface area contributed by atoms with Gasteiger partial charge in [0.15, 0.2) is 0 Å². The summed E-state index contributed by atoms with van der Waals surface area (Å²) in [5.74, 6) is -10.2. The number of alkyl halides is 2. The Balaban J connectivity index is 2.15. The van der Waals surface area contributed by atoms with Gasteiger partial charge in [0.25, 0.3) is 5.92 Å². The lowest BCUT2D eigenvalue weighted by atomic mass is 9.96. The maximum Gasteiger partial charge on any atom is 0.276 e. The lowest BCUT2D eigenvalue weighted by Crippen LogP contribution is -2.13. The molecule has 0 aliphatic rings. The van der Waals surface area contributed by atoms with Gasteiger partial charge in [-0.2, -0.15) is 0 Å². The zero-order chi connectivity index (χ0) is 20.8. The third-order valence-electron chi connectivity index (χ3n) is 4.05. The monoisotopic (exact) mass is 510 g/mol. The van der Waals surface area contributed by atoms with Crippen molar-refractivity contribution in [2.75, 3.05) is 0 Å². The fraction of sp³-hybridized carbons (Fsp3) is 0.100. The van der Waals surface area contributed by atoms with Gasteiger partial charge in [-0.05, 0) is 70.1 Å². The van der Waals surface area contributed by atoms with Crippen LogP contribution in [0.1, 0.15) is 12.5 Å². The molecule has 0 amide bonds. The van der Waals surface area contributed by atoms with Crippen molar-refractivity contribution in [3.05, 3.63) is 80.7 Å². The Bertz CT molecular complexity index is 1020. The quantitative estimate of drug-likeness (QED) is 0.254. The Morgan fingerprint density at radius 1 is 0.679 bits per heavy atom. The van der Waals surface area contributed by atoms with Crippen molar-refractivity contribution >= 4 is 22.6 Å². The summed E-state index contributed by atoms with van der Waals surface area (Å²) in [7, 11) is 0. The van der Waals surface area contributed by atoms with Gasteiger partial charge in [0.05, 0.1) is 11.1 Å². The largest absolute Gasteiger partial charge is 0.276 e. The summed E-state index contributed by atoms with van der Waals surface area (Å²) < 4.78 is 98.3. The van der Waals surface area contributed by atoms with E-state index >= 15 is 0 Å². The van der Waals surface area contributed by atoms with Crippen LogP contribution in [0.2, 0.25) is 0 Å². The van der Waals surface area contributed by atoms with Gasteiger partial charge >= 0.3 is 0 Å². The Hall–Kier alpha value is -2.10. The second-order valence-corrected chi connectivity index (χ2v) is 7.39. The van der Waals surface area contributed by atoms with Gasteiger partial charge < -0.3 is 0 Å². The lowest BCUT2D eigenvalue weighted by Gasteiger charge is -2.15. The smallest absolute Gasteiger partial charge is 0.206 e. The molecule has 0 aliphatic heterocycles. The summed E-state index contributed by atoms with van der Waals surface area (Å²) in [6, 6.07) is 6.53. The Morgan fingerprint density at radius 2 is 1.18 bits per heavy atom. The molecule has 146 valence electrons. The zero-order valence-corrected chi connectivity index (χ0v) is 16.2. The number of benzene rings is 3. The first-order chi connectivity index (χ1) is 13.0. The molecule has 0 nitrogen and oxygen atoms in total. The highest BCUT2D eigenvalue weighted by molar-refractivity contribution is 14.1. The van der Waals surface area contributed by atoms with Gasteiger partial charge in [-0.1, -0.05) is 6.07 Å². The van der Waals surface area contributed by atoms with Crippen LogP contribution in [-0.2, 0) is 5.92 Å². The number of halogens is 8. The predicted octanol–water partition coefficient (Wildman–Crippen LogP) is 7.43. The van der Waals surface area contributed by atoms with E-state index in [0.717, 1.165) is 12.1 Å². The van der Waals surface area contributed by atoms with Crippen molar-refractivity contribution in [2.45, 2.75) is 12.8 Å². The average molecular weight is 510 g/mol. The first-order valence-electron chi connectivity index (χ1n) is 7.81. The normalized spacial score (nSPS) is 11.8. The zero-order valence-electron chi connectivity index (χ0n) is 14.1. The highest BCUT2D eigenvalue weighted by Gasteiger charge is 2.33. The Labute approximate surface area is 169 Å². The molecule has 0 saturated heterocycles. The van der Waals surface area contributed by atoms with Crippen molar-refractivity contribution in [1.82, 2.24) is 0 Å². The van der Waals surface area contributed by atoms with Crippen LogP contribution in [0.15, 0.2) is 42.5 Å². The molecule has 3 rings (SSSR count). The Morgan fingerprint density at radius 3 is 1.64 bits per heavy atom. The summed E-state index contributed by atoms with van der Waals surface area (Å²) in [5.41, 5.74) is -3.07. The van der Waals surface area contributed by atoms with Crippen molar-refractivity contribution in [3.8, 4) is 22.3 Å². The third-order valence-corrected chi connectivity index (χ3v) is 4.73. The summed E-state index contributed by atoms with van der Waals surface area (Å²) in [6.45, 7) is 0.305. The van der Waals surface area contributed by atoms with Crippen LogP contribution in [0.5, 0.6) is 0 Å². The van der Waals surface area contributed by atoms with Crippen molar-refractivity contribution in [3.63, 3.8) is 0 Å². The molecule has 0 heterocycles. The third kappa shape index (κ3) is 3.87. The molecule has 3 aromatic carbocycles. The maximum absolute atomic E-state index is 14.5. The van der Waals surface area contributed by atoms with E-state index in [0.29, 0.717) is 22.6 Å². The van der Waals surface area contributed by atoms with Crippen LogP contribution in [0, 0.1) is 32.7 Å². The first-order valence-corrected chi connectivity index (χ1v) is 8.89. The van der Waals surface area contributed by atoms with E-state index in [1.807, 2.05) is 22.6 Å². The van der Waals surface area contributed by atoms with E-state index in [2.05, 4.69) is 0 Å². The van der Waals surface area contributed by atoms with Crippen LogP contribution >= 0.6 is 22.6 Å². The maximum atomic E-state index is 14.5. The molecule has 0 bridgehead atoms. The first kappa shape index (κ1) is 20.6. The fourth-order valence-electron chi connectivity index (χ4n) is 2.86. The summed E-state index contributed by atoms with van der Waals surface area (Å²) in [5, 5.41) is 0. The van der Waals surface area contributed by atoms with Crippen LogP contribution in [0.25, 0.3) is 22.3 Å². The minimum Gasteiger partial charge on any atom is -0.206 e. The molecular formula is C20H10F7I.